The van der Waals surface area contributed by atoms with Gasteiger partial charge in [0, 0.05) is 56.6 Å². The molecule has 1 saturated heterocycles. The summed E-state index contributed by atoms with van der Waals surface area (Å²) in [6.07, 6.45) is 3.23. The zero-order valence-corrected chi connectivity index (χ0v) is 11.5. The maximum Gasteiger partial charge on any atom is 0.0860 e. The van der Waals surface area contributed by atoms with Crippen LogP contribution >= 0.6 is 11.8 Å². The number of nitrogens with one attached hydrogen (secondary N) is 1. The maximum absolute atomic E-state index is 9.82. The highest BCUT2D eigenvalue weighted by Crippen LogP contribution is 2.07. The van der Waals surface area contributed by atoms with Gasteiger partial charge in [0.05, 0.1) is 12.6 Å². The first kappa shape index (κ1) is 13.9. The van der Waals surface area contributed by atoms with Crippen molar-refractivity contribution >= 4 is 11.8 Å². The van der Waals surface area contributed by atoms with Crippen LogP contribution in [0.1, 0.15) is 0 Å². The van der Waals surface area contributed by atoms with Gasteiger partial charge in [-0.3, -0.25) is 4.68 Å². The Morgan fingerprint density at radius 1 is 1.39 bits per heavy atom. The monoisotopic (exact) mass is 270 g/mol. The minimum atomic E-state index is -0.373. The summed E-state index contributed by atoms with van der Waals surface area (Å²) in [4.78, 5) is 2.48. The van der Waals surface area contributed by atoms with E-state index in [1.165, 1.54) is 24.6 Å². The van der Waals surface area contributed by atoms with Crippen LogP contribution in [0.4, 0.5) is 0 Å². The van der Waals surface area contributed by atoms with Crippen molar-refractivity contribution in [2.24, 2.45) is 0 Å². The summed E-state index contributed by atoms with van der Waals surface area (Å²) in [5.41, 5.74) is 0. The van der Waals surface area contributed by atoms with Gasteiger partial charge in [-0.1, -0.05) is 0 Å². The summed E-state index contributed by atoms with van der Waals surface area (Å²) in [5.74, 6) is 2.50. The molecule has 5 nitrogen and oxygen atoms in total. The second-order valence-corrected chi connectivity index (χ2v) is 5.76. The van der Waals surface area contributed by atoms with Crippen LogP contribution in [0.15, 0.2) is 18.5 Å². The highest BCUT2D eigenvalue weighted by molar-refractivity contribution is 7.99. The first-order valence-corrected chi connectivity index (χ1v) is 7.66. The molecular weight excluding hydrogens is 248 g/mol. The van der Waals surface area contributed by atoms with Crippen molar-refractivity contribution in [3.63, 3.8) is 0 Å². The molecular formula is C12H22N4OS. The van der Waals surface area contributed by atoms with Crippen molar-refractivity contribution < 1.29 is 5.11 Å². The Balaban J connectivity index is 1.52. The molecule has 1 aliphatic rings. The third-order valence-electron chi connectivity index (χ3n) is 3.05. The predicted molar refractivity (Wildman–Crippen MR) is 74.9 cm³/mol. The van der Waals surface area contributed by atoms with Gasteiger partial charge in [0.15, 0.2) is 0 Å². The molecule has 2 rings (SSSR count). The van der Waals surface area contributed by atoms with Crippen molar-refractivity contribution in [3.8, 4) is 0 Å². The lowest BCUT2D eigenvalue weighted by molar-refractivity contribution is 0.145. The number of aromatic nitrogens is 2. The number of hydrogen-bond donors (Lipinski definition) is 2. The highest BCUT2D eigenvalue weighted by Gasteiger charge is 2.10. The van der Waals surface area contributed by atoms with E-state index in [9.17, 15) is 5.11 Å². The van der Waals surface area contributed by atoms with E-state index in [1.807, 2.05) is 24.0 Å². The summed E-state index contributed by atoms with van der Waals surface area (Å²) in [6.45, 7) is 5.60. The Morgan fingerprint density at radius 3 is 2.94 bits per heavy atom. The molecule has 1 unspecified atom stereocenters. The molecule has 0 spiro atoms. The van der Waals surface area contributed by atoms with Gasteiger partial charge >= 0.3 is 0 Å². The summed E-state index contributed by atoms with van der Waals surface area (Å²) in [7, 11) is 0. The molecule has 0 amide bonds. The maximum atomic E-state index is 9.82. The zero-order valence-electron chi connectivity index (χ0n) is 10.7. The fourth-order valence-electron chi connectivity index (χ4n) is 2.02. The molecule has 2 N–H and O–H groups in total. The number of thioether (sulfide) groups is 1. The zero-order chi connectivity index (χ0) is 12.6. The van der Waals surface area contributed by atoms with Crippen molar-refractivity contribution in [3.05, 3.63) is 18.5 Å². The van der Waals surface area contributed by atoms with Gasteiger partial charge in [-0.05, 0) is 6.07 Å². The van der Waals surface area contributed by atoms with Gasteiger partial charge in [-0.15, -0.1) is 0 Å². The van der Waals surface area contributed by atoms with Crippen molar-refractivity contribution in [1.82, 2.24) is 20.0 Å². The molecule has 1 atom stereocenters. The van der Waals surface area contributed by atoms with E-state index in [0.717, 1.165) is 13.1 Å². The average Bonchev–Trinajstić information content (AvgIpc) is 2.89. The molecule has 1 aromatic rings. The normalized spacial score (nSPS) is 18.9. The first-order chi connectivity index (χ1) is 8.84. The van der Waals surface area contributed by atoms with Crippen molar-refractivity contribution in [2.75, 3.05) is 44.2 Å². The number of rotatable bonds is 7. The molecule has 1 aliphatic heterocycles. The lowest BCUT2D eigenvalue weighted by Gasteiger charge is -2.26. The van der Waals surface area contributed by atoms with Crippen LogP contribution in [-0.2, 0) is 6.54 Å². The molecule has 18 heavy (non-hydrogen) atoms. The molecule has 0 aliphatic carbocycles. The van der Waals surface area contributed by atoms with Crippen LogP contribution < -0.4 is 5.32 Å². The molecule has 0 radical (unpaired) electrons. The lowest BCUT2D eigenvalue weighted by Crippen LogP contribution is -2.40. The second-order valence-electron chi connectivity index (χ2n) is 4.54. The Morgan fingerprint density at radius 2 is 2.22 bits per heavy atom. The predicted octanol–water partition coefficient (Wildman–Crippen LogP) is -0.118. The quantitative estimate of drug-likeness (QED) is 0.677. The molecule has 1 fully saturated rings. The molecule has 0 saturated carbocycles. The van der Waals surface area contributed by atoms with E-state index in [-0.39, 0.29) is 6.10 Å². The van der Waals surface area contributed by atoms with Crippen LogP contribution in [0, 0.1) is 0 Å². The molecule has 0 aromatic carbocycles. The average molecular weight is 270 g/mol. The standard InChI is InChI=1S/C12H22N4OS/c17-12(11-16-4-1-2-14-16)10-13-3-5-15-6-8-18-9-7-15/h1-2,4,12-13,17H,3,5-11H2. The molecule has 1 aromatic heterocycles. The van der Waals surface area contributed by atoms with Crippen LogP contribution in [0.2, 0.25) is 0 Å². The summed E-state index contributed by atoms with van der Waals surface area (Å²) < 4.78 is 1.76. The van der Waals surface area contributed by atoms with Crippen LogP contribution in [0.25, 0.3) is 0 Å². The van der Waals surface area contributed by atoms with E-state index in [1.54, 1.807) is 10.9 Å². The Labute approximate surface area is 113 Å². The Kier molecular flexibility index (Phi) is 5.99. The fourth-order valence-corrected chi connectivity index (χ4v) is 3.00. The van der Waals surface area contributed by atoms with E-state index >= 15 is 0 Å². The molecule has 102 valence electrons. The summed E-state index contributed by atoms with van der Waals surface area (Å²) >= 11 is 2.03. The van der Waals surface area contributed by atoms with Crippen LogP contribution in [0.5, 0.6) is 0 Å². The van der Waals surface area contributed by atoms with Gasteiger partial charge in [-0.2, -0.15) is 16.9 Å². The smallest absolute Gasteiger partial charge is 0.0860 e. The third-order valence-corrected chi connectivity index (χ3v) is 3.99. The number of aliphatic hydroxyl groups is 1. The fraction of sp³-hybridized carbons (Fsp3) is 0.750. The number of hydrogen-bond acceptors (Lipinski definition) is 5. The van der Waals surface area contributed by atoms with Gasteiger partial charge in [0.2, 0.25) is 0 Å². The second kappa shape index (κ2) is 7.78. The Hall–Kier alpha value is -0.560. The summed E-state index contributed by atoms with van der Waals surface area (Å²) in [6, 6.07) is 1.87. The van der Waals surface area contributed by atoms with E-state index in [4.69, 9.17) is 0 Å². The molecule has 6 heteroatoms. The number of nitrogens with zero attached hydrogens (tertiary/aromatic N) is 3. The van der Waals surface area contributed by atoms with Gasteiger partial charge in [0.25, 0.3) is 0 Å². The number of aliphatic hydroxyl groups excluding tert-OH is 1. The minimum Gasteiger partial charge on any atom is -0.390 e. The highest BCUT2D eigenvalue weighted by atomic mass is 32.2. The third kappa shape index (κ3) is 4.97. The van der Waals surface area contributed by atoms with E-state index in [0.29, 0.717) is 13.1 Å². The molecule has 0 bridgehead atoms. The van der Waals surface area contributed by atoms with E-state index in [2.05, 4.69) is 15.3 Å². The Bertz CT molecular complexity index is 314. The SMILES string of the molecule is OC(CNCCN1CCSCC1)Cn1cccn1. The van der Waals surface area contributed by atoms with Crippen LogP contribution in [0.3, 0.4) is 0 Å². The first-order valence-electron chi connectivity index (χ1n) is 6.51. The topological polar surface area (TPSA) is 53.3 Å². The van der Waals surface area contributed by atoms with Gasteiger partial charge in [-0.25, -0.2) is 0 Å². The van der Waals surface area contributed by atoms with Gasteiger partial charge < -0.3 is 15.3 Å². The summed E-state index contributed by atoms with van der Waals surface area (Å²) in [5, 5.41) is 17.2. The minimum absolute atomic E-state index is 0.373. The molecule has 2 heterocycles. The van der Waals surface area contributed by atoms with Gasteiger partial charge in [0.1, 0.15) is 0 Å². The van der Waals surface area contributed by atoms with Crippen molar-refractivity contribution in [1.29, 1.82) is 0 Å². The van der Waals surface area contributed by atoms with E-state index < -0.39 is 0 Å². The lowest BCUT2D eigenvalue weighted by atomic mass is 10.3. The van der Waals surface area contributed by atoms with Crippen molar-refractivity contribution in [2.45, 2.75) is 12.6 Å². The largest absolute Gasteiger partial charge is 0.390 e. The van der Waals surface area contributed by atoms with Crippen LogP contribution in [-0.4, -0.2) is 70.1 Å².